The second kappa shape index (κ2) is 6.70. The van der Waals surface area contributed by atoms with Gasteiger partial charge in [0.25, 0.3) is 0 Å². The standard InChI is InChI=1S/C17H28N2O/c1-13-5-6-16(14(2)9-13)17(20)12-19(4)11-15-7-8-18(3)10-15/h5-6,9,15,17,20H,7-8,10-12H2,1-4H3. The lowest BCUT2D eigenvalue weighted by Crippen LogP contribution is -2.31. The van der Waals surface area contributed by atoms with E-state index in [0.717, 1.165) is 18.0 Å². The molecule has 1 aromatic rings. The van der Waals surface area contributed by atoms with Crippen LogP contribution in [0.4, 0.5) is 0 Å². The molecule has 3 heteroatoms. The Labute approximate surface area is 123 Å². The van der Waals surface area contributed by atoms with E-state index in [4.69, 9.17) is 0 Å². The van der Waals surface area contributed by atoms with E-state index in [9.17, 15) is 5.11 Å². The van der Waals surface area contributed by atoms with Crippen LogP contribution in [0.25, 0.3) is 0 Å². The van der Waals surface area contributed by atoms with Gasteiger partial charge in [-0.15, -0.1) is 0 Å². The number of hydrogen-bond donors (Lipinski definition) is 1. The van der Waals surface area contributed by atoms with E-state index in [2.05, 4.69) is 55.9 Å². The Hall–Kier alpha value is -0.900. The molecule has 0 bridgehead atoms. The Kier molecular flexibility index (Phi) is 5.19. The van der Waals surface area contributed by atoms with Crippen LogP contribution in [-0.4, -0.2) is 55.2 Å². The molecule has 1 aliphatic heterocycles. The molecule has 0 amide bonds. The van der Waals surface area contributed by atoms with Crippen molar-refractivity contribution in [3.05, 3.63) is 34.9 Å². The fourth-order valence-corrected chi connectivity index (χ4v) is 3.28. The first-order valence-electron chi connectivity index (χ1n) is 7.58. The summed E-state index contributed by atoms with van der Waals surface area (Å²) in [7, 11) is 4.30. The summed E-state index contributed by atoms with van der Waals surface area (Å²) in [4.78, 5) is 4.66. The first-order valence-corrected chi connectivity index (χ1v) is 7.58. The van der Waals surface area contributed by atoms with Gasteiger partial charge in [0.05, 0.1) is 6.10 Å². The maximum atomic E-state index is 10.4. The molecule has 2 unspecified atom stereocenters. The van der Waals surface area contributed by atoms with E-state index in [1.807, 2.05) is 0 Å². The monoisotopic (exact) mass is 276 g/mol. The number of aliphatic hydroxyl groups excluding tert-OH is 1. The zero-order valence-corrected chi connectivity index (χ0v) is 13.3. The average molecular weight is 276 g/mol. The van der Waals surface area contributed by atoms with E-state index >= 15 is 0 Å². The molecule has 0 saturated carbocycles. The van der Waals surface area contributed by atoms with Gasteiger partial charge in [-0.3, -0.25) is 0 Å². The van der Waals surface area contributed by atoms with Crippen molar-refractivity contribution >= 4 is 0 Å². The van der Waals surface area contributed by atoms with Crippen LogP contribution in [0.3, 0.4) is 0 Å². The van der Waals surface area contributed by atoms with Gasteiger partial charge in [-0.25, -0.2) is 0 Å². The van der Waals surface area contributed by atoms with Gasteiger partial charge in [0.2, 0.25) is 0 Å². The number of benzene rings is 1. The smallest absolute Gasteiger partial charge is 0.0919 e. The number of hydrogen-bond acceptors (Lipinski definition) is 3. The highest BCUT2D eigenvalue weighted by atomic mass is 16.3. The first-order chi connectivity index (χ1) is 9.45. The number of nitrogens with zero attached hydrogens (tertiary/aromatic N) is 2. The fraction of sp³-hybridized carbons (Fsp3) is 0.647. The van der Waals surface area contributed by atoms with Crippen molar-refractivity contribution in [3.8, 4) is 0 Å². The first kappa shape index (κ1) is 15.5. The molecule has 1 heterocycles. The maximum absolute atomic E-state index is 10.4. The zero-order chi connectivity index (χ0) is 14.7. The molecule has 0 aliphatic carbocycles. The SMILES string of the molecule is Cc1ccc(C(O)CN(C)CC2CCN(C)C2)c(C)c1. The summed E-state index contributed by atoms with van der Waals surface area (Å²) in [6.07, 6.45) is 0.889. The number of aryl methyl sites for hydroxylation is 2. The van der Waals surface area contributed by atoms with Crippen molar-refractivity contribution < 1.29 is 5.11 Å². The van der Waals surface area contributed by atoms with E-state index < -0.39 is 0 Å². The van der Waals surface area contributed by atoms with Gasteiger partial charge in [-0.05, 0) is 58.0 Å². The Morgan fingerprint density at radius 2 is 2.15 bits per heavy atom. The number of rotatable bonds is 5. The topological polar surface area (TPSA) is 26.7 Å². The Morgan fingerprint density at radius 1 is 1.40 bits per heavy atom. The minimum atomic E-state index is -0.389. The van der Waals surface area contributed by atoms with Crippen LogP contribution < -0.4 is 0 Å². The van der Waals surface area contributed by atoms with Gasteiger partial charge in [-0.1, -0.05) is 23.8 Å². The fourth-order valence-electron chi connectivity index (χ4n) is 3.28. The van der Waals surface area contributed by atoms with E-state index in [1.54, 1.807) is 0 Å². The quantitative estimate of drug-likeness (QED) is 0.893. The predicted molar refractivity (Wildman–Crippen MR) is 84.0 cm³/mol. The minimum Gasteiger partial charge on any atom is -0.387 e. The Morgan fingerprint density at radius 3 is 2.75 bits per heavy atom. The zero-order valence-electron chi connectivity index (χ0n) is 13.3. The molecule has 2 atom stereocenters. The third kappa shape index (κ3) is 4.05. The molecule has 1 N–H and O–H groups in total. The molecule has 1 aliphatic rings. The van der Waals surface area contributed by atoms with Gasteiger partial charge >= 0.3 is 0 Å². The lowest BCUT2D eigenvalue weighted by molar-refractivity contribution is 0.118. The van der Waals surface area contributed by atoms with Crippen LogP contribution in [0, 0.1) is 19.8 Å². The highest BCUT2D eigenvalue weighted by Crippen LogP contribution is 2.21. The van der Waals surface area contributed by atoms with Crippen molar-refractivity contribution in [3.63, 3.8) is 0 Å². The molecule has 1 saturated heterocycles. The second-order valence-corrected chi connectivity index (χ2v) is 6.51. The van der Waals surface area contributed by atoms with Crippen molar-refractivity contribution in [2.75, 3.05) is 40.3 Å². The van der Waals surface area contributed by atoms with E-state index in [-0.39, 0.29) is 6.10 Å². The lowest BCUT2D eigenvalue weighted by atomic mass is 10.0. The molecule has 112 valence electrons. The van der Waals surface area contributed by atoms with Crippen LogP contribution >= 0.6 is 0 Å². The van der Waals surface area contributed by atoms with E-state index in [0.29, 0.717) is 6.54 Å². The van der Waals surface area contributed by atoms with Crippen molar-refractivity contribution in [1.82, 2.24) is 9.80 Å². The Bertz CT molecular complexity index is 447. The Balaban J connectivity index is 1.88. The number of aliphatic hydroxyl groups is 1. The molecule has 0 radical (unpaired) electrons. The summed E-state index contributed by atoms with van der Waals surface area (Å²) in [5.74, 6) is 0.747. The van der Waals surface area contributed by atoms with Crippen LogP contribution in [0.5, 0.6) is 0 Å². The van der Waals surface area contributed by atoms with Gasteiger partial charge in [0.1, 0.15) is 0 Å². The van der Waals surface area contributed by atoms with Crippen LogP contribution in [0.1, 0.15) is 29.2 Å². The van der Waals surface area contributed by atoms with Crippen LogP contribution in [0.2, 0.25) is 0 Å². The molecule has 0 aromatic heterocycles. The second-order valence-electron chi connectivity index (χ2n) is 6.51. The molecule has 20 heavy (non-hydrogen) atoms. The van der Waals surface area contributed by atoms with Crippen molar-refractivity contribution in [2.45, 2.75) is 26.4 Å². The largest absolute Gasteiger partial charge is 0.387 e. The third-order valence-electron chi connectivity index (χ3n) is 4.33. The summed E-state index contributed by atoms with van der Waals surface area (Å²) in [5.41, 5.74) is 3.50. The maximum Gasteiger partial charge on any atom is 0.0919 e. The molecule has 3 nitrogen and oxygen atoms in total. The summed E-state index contributed by atoms with van der Waals surface area (Å²) in [5, 5.41) is 10.4. The molecule has 2 rings (SSSR count). The molecule has 1 fully saturated rings. The summed E-state index contributed by atoms with van der Waals surface area (Å²) in [6, 6.07) is 6.29. The number of likely N-dealkylation sites (tertiary alicyclic amines) is 1. The average Bonchev–Trinajstić information content (AvgIpc) is 2.74. The normalized spacial score (nSPS) is 21.6. The van der Waals surface area contributed by atoms with Crippen LogP contribution in [-0.2, 0) is 0 Å². The predicted octanol–water partition coefficient (Wildman–Crippen LogP) is 2.22. The lowest BCUT2D eigenvalue weighted by Gasteiger charge is -2.24. The van der Waals surface area contributed by atoms with Crippen LogP contribution in [0.15, 0.2) is 18.2 Å². The minimum absolute atomic E-state index is 0.389. The van der Waals surface area contributed by atoms with Gasteiger partial charge in [0, 0.05) is 19.6 Å². The number of likely N-dealkylation sites (N-methyl/N-ethyl adjacent to an activating group) is 1. The van der Waals surface area contributed by atoms with Gasteiger partial charge in [-0.2, -0.15) is 0 Å². The molecular weight excluding hydrogens is 248 g/mol. The molecule has 1 aromatic carbocycles. The summed E-state index contributed by atoms with van der Waals surface area (Å²) >= 11 is 0. The van der Waals surface area contributed by atoms with Crippen molar-refractivity contribution in [1.29, 1.82) is 0 Å². The third-order valence-corrected chi connectivity index (χ3v) is 4.33. The van der Waals surface area contributed by atoms with Gasteiger partial charge in [0.15, 0.2) is 0 Å². The summed E-state index contributed by atoms with van der Waals surface area (Å²) < 4.78 is 0. The highest BCUT2D eigenvalue weighted by molar-refractivity contribution is 5.32. The highest BCUT2D eigenvalue weighted by Gasteiger charge is 2.22. The molecule has 0 spiro atoms. The van der Waals surface area contributed by atoms with Crippen molar-refractivity contribution in [2.24, 2.45) is 5.92 Å². The summed E-state index contributed by atoms with van der Waals surface area (Å²) in [6.45, 7) is 8.35. The molecular formula is C17H28N2O. The van der Waals surface area contributed by atoms with Gasteiger partial charge < -0.3 is 14.9 Å². The van der Waals surface area contributed by atoms with E-state index in [1.165, 1.54) is 30.6 Å².